The Balaban J connectivity index is 2.39. The van der Waals surface area contributed by atoms with Gasteiger partial charge in [-0.05, 0) is 25.0 Å². The van der Waals surface area contributed by atoms with Gasteiger partial charge in [0.25, 0.3) is 0 Å². The Morgan fingerprint density at radius 3 is 2.72 bits per heavy atom. The number of ether oxygens (including phenoxy) is 2. The van der Waals surface area contributed by atoms with Crippen LogP contribution in [0.2, 0.25) is 0 Å². The van der Waals surface area contributed by atoms with Gasteiger partial charge in [-0.15, -0.1) is 6.58 Å². The molecule has 1 aliphatic rings. The molecule has 0 saturated carbocycles. The smallest absolute Gasteiger partial charge is 0.164 e. The van der Waals surface area contributed by atoms with Gasteiger partial charge in [-0.2, -0.15) is 0 Å². The predicted octanol–water partition coefficient (Wildman–Crippen LogP) is 2.51. The van der Waals surface area contributed by atoms with Crippen molar-refractivity contribution in [1.29, 1.82) is 0 Å². The van der Waals surface area contributed by atoms with Crippen LogP contribution < -0.4 is 14.8 Å². The predicted molar refractivity (Wildman–Crippen MR) is 73.7 cm³/mol. The molecule has 0 atom stereocenters. The number of nitrogens with one attached hydrogen (secondary N) is 1. The molecule has 1 aromatic carbocycles. The maximum Gasteiger partial charge on any atom is 0.164 e. The fourth-order valence-corrected chi connectivity index (χ4v) is 2.21. The van der Waals surface area contributed by atoms with Crippen LogP contribution in [-0.4, -0.2) is 26.8 Å². The van der Waals surface area contributed by atoms with Crippen LogP contribution in [-0.2, 0) is 6.42 Å². The van der Waals surface area contributed by atoms with E-state index in [0.717, 1.165) is 36.6 Å². The summed E-state index contributed by atoms with van der Waals surface area (Å²) in [4.78, 5) is 0. The third-order valence-corrected chi connectivity index (χ3v) is 3.28. The monoisotopic (exact) mass is 247 g/mol. The molecule has 0 amide bonds. The summed E-state index contributed by atoms with van der Waals surface area (Å²) in [6.07, 6.45) is 2.71. The van der Waals surface area contributed by atoms with Crippen LogP contribution in [0.15, 0.2) is 24.8 Å². The molecule has 3 nitrogen and oxygen atoms in total. The van der Waals surface area contributed by atoms with Gasteiger partial charge in [0.05, 0.1) is 13.7 Å². The summed E-state index contributed by atoms with van der Waals surface area (Å²) in [6.45, 7) is 8.54. The number of hydrogen-bond acceptors (Lipinski definition) is 3. The fourth-order valence-electron chi connectivity index (χ4n) is 2.21. The van der Waals surface area contributed by atoms with Crippen molar-refractivity contribution in [1.82, 2.24) is 5.32 Å². The minimum Gasteiger partial charge on any atom is -0.493 e. The summed E-state index contributed by atoms with van der Waals surface area (Å²) in [5.74, 6) is 2.28. The molecule has 1 saturated heterocycles. The summed E-state index contributed by atoms with van der Waals surface area (Å²) in [7, 11) is 1.69. The van der Waals surface area contributed by atoms with E-state index >= 15 is 0 Å². The lowest BCUT2D eigenvalue weighted by molar-refractivity contribution is 0.307. The minimum atomic E-state index is 0.596. The Bertz CT molecular complexity index is 425. The van der Waals surface area contributed by atoms with E-state index in [1.165, 1.54) is 5.56 Å². The highest BCUT2D eigenvalue weighted by Crippen LogP contribution is 2.36. The second-order valence-corrected chi connectivity index (χ2v) is 4.49. The molecule has 1 heterocycles. The van der Waals surface area contributed by atoms with Crippen molar-refractivity contribution < 1.29 is 9.47 Å². The quantitative estimate of drug-likeness (QED) is 0.783. The normalized spacial score (nSPS) is 15.0. The van der Waals surface area contributed by atoms with E-state index in [0.29, 0.717) is 12.5 Å². The average Bonchev–Trinajstić information content (AvgIpc) is 2.30. The first-order valence-electron chi connectivity index (χ1n) is 6.45. The third kappa shape index (κ3) is 2.51. The highest BCUT2D eigenvalue weighted by Gasteiger charge is 2.22. The zero-order chi connectivity index (χ0) is 13.0. The second kappa shape index (κ2) is 5.91. The maximum atomic E-state index is 5.71. The molecule has 1 aromatic rings. The standard InChI is InChI=1S/C15H21NO2/c1-4-6-11-7-12(13-9-16-10-13)8-14(17-3)15(11)18-5-2/h4,7-8,13,16H,1,5-6,9-10H2,2-3H3. The molecule has 0 bridgehead atoms. The van der Waals surface area contributed by atoms with Crippen LogP contribution in [0.3, 0.4) is 0 Å². The lowest BCUT2D eigenvalue weighted by atomic mass is 9.91. The number of rotatable bonds is 6. The van der Waals surface area contributed by atoms with Gasteiger partial charge in [-0.1, -0.05) is 12.1 Å². The summed E-state index contributed by atoms with van der Waals surface area (Å²) < 4.78 is 11.2. The molecule has 0 radical (unpaired) electrons. The van der Waals surface area contributed by atoms with Crippen LogP contribution in [0.4, 0.5) is 0 Å². The average molecular weight is 247 g/mol. The van der Waals surface area contributed by atoms with E-state index in [1.54, 1.807) is 7.11 Å². The van der Waals surface area contributed by atoms with Crippen molar-refractivity contribution in [3.63, 3.8) is 0 Å². The SMILES string of the molecule is C=CCc1cc(C2CNC2)cc(OC)c1OCC. The number of allylic oxidation sites excluding steroid dienone is 1. The van der Waals surface area contributed by atoms with Crippen molar-refractivity contribution in [2.45, 2.75) is 19.3 Å². The molecule has 0 aliphatic carbocycles. The van der Waals surface area contributed by atoms with Gasteiger partial charge < -0.3 is 14.8 Å². The van der Waals surface area contributed by atoms with E-state index in [1.807, 2.05) is 13.0 Å². The van der Waals surface area contributed by atoms with Gasteiger partial charge in [0.15, 0.2) is 11.5 Å². The summed E-state index contributed by atoms with van der Waals surface area (Å²) >= 11 is 0. The fraction of sp³-hybridized carbons (Fsp3) is 0.467. The molecule has 1 aliphatic heterocycles. The molecule has 18 heavy (non-hydrogen) atoms. The summed E-state index contributed by atoms with van der Waals surface area (Å²) in [6, 6.07) is 4.32. The number of hydrogen-bond donors (Lipinski definition) is 1. The van der Waals surface area contributed by atoms with Gasteiger partial charge in [-0.25, -0.2) is 0 Å². The zero-order valence-electron chi connectivity index (χ0n) is 11.2. The van der Waals surface area contributed by atoms with Crippen LogP contribution in [0.5, 0.6) is 11.5 Å². The molecule has 1 N–H and O–H groups in total. The van der Waals surface area contributed by atoms with Crippen molar-refractivity contribution in [2.24, 2.45) is 0 Å². The lowest BCUT2D eigenvalue weighted by Crippen LogP contribution is -2.39. The van der Waals surface area contributed by atoms with Gasteiger partial charge in [0.2, 0.25) is 0 Å². The maximum absolute atomic E-state index is 5.71. The highest BCUT2D eigenvalue weighted by molar-refractivity contribution is 5.51. The first kappa shape index (κ1) is 13.0. The Morgan fingerprint density at radius 2 is 2.22 bits per heavy atom. The van der Waals surface area contributed by atoms with Crippen molar-refractivity contribution in [3.05, 3.63) is 35.9 Å². The molecular weight excluding hydrogens is 226 g/mol. The van der Waals surface area contributed by atoms with E-state index in [9.17, 15) is 0 Å². The molecule has 1 fully saturated rings. The van der Waals surface area contributed by atoms with E-state index in [4.69, 9.17) is 9.47 Å². The number of methoxy groups -OCH3 is 1. The molecule has 0 unspecified atom stereocenters. The van der Waals surface area contributed by atoms with Crippen LogP contribution in [0, 0.1) is 0 Å². The van der Waals surface area contributed by atoms with Gasteiger partial charge in [0, 0.05) is 24.6 Å². The largest absolute Gasteiger partial charge is 0.493 e. The Kier molecular flexibility index (Phi) is 4.26. The topological polar surface area (TPSA) is 30.5 Å². The van der Waals surface area contributed by atoms with Crippen molar-refractivity contribution in [3.8, 4) is 11.5 Å². The van der Waals surface area contributed by atoms with Crippen LogP contribution in [0.25, 0.3) is 0 Å². The van der Waals surface area contributed by atoms with E-state index in [-0.39, 0.29) is 0 Å². The third-order valence-electron chi connectivity index (χ3n) is 3.28. The van der Waals surface area contributed by atoms with E-state index < -0.39 is 0 Å². The van der Waals surface area contributed by atoms with Crippen LogP contribution in [0.1, 0.15) is 24.0 Å². The number of benzene rings is 1. The summed E-state index contributed by atoms with van der Waals surface area (Å²) in [5, 5.41) is 3.30. The Morgan fingerprint density at radius 1 is 1.44 bits per heavy atom. The molecule has 2 rings (SSSR count). The highest BCUT2D eigenvalue weighted by atomic mass is 16.5. The molecule has 0 aromatic heterocycles. The first-order chi connectivity index (χ1) is 8.80. The molecular formula is C15H21NO2. The Hall–Kier alpha value is -1.48. The zero-order valence-corrected chi connectivity index (χ0v) is 11.2. The van der Waals surface area contributed by atoms with E-state index in [2.05, 4.69) is 24.0 Å². The summed E-state index contributed by atoms with van der Waals surface area (Å²) in [5.41, 5.74) is 2.49. The molecule has 0 spiro atoms. The minimum absolute atomic E-state index is 0.596. The van der Waals surface area contributed by atoms with Gasteiger partial charge >= 0.3 is 0 Å². The van der Waals surface area contributed by atoms with Crippen LogP contribution >= 0.6 is 0 Å². The first-order valence-corrected chi connectivity index (χ1v) is 6.45. The second-order valence-electron chi connectivity index (χ2n) is 4.49. The molecule has 98 valence electrons. The van der Waals surface area contributed by atoms with Crippen molar-refractivity contribution >= 4 is 0 Å². The molecule has 3 heteroatoms. The van der Waals surface area contributed by atoms with Gasteiger partial charge in [-0.3, -0.25) is 0 Å². The Labute approximate surface area is 109 Å². The van der Waals surface area contributed by atoms with Crippen molar-refractivity contribution in [2.75, 3.05) is 26.8 Å². The van der Waals surface area contributed by atoms with Gasteiger partial charge in [0.1, 0.15) is 0 Å². The lowest BCUT2D eigenvalue weighted by Gasteiger charge is -2.28.